The fourth-order valence-corrected chi connectivity index (χ4v) is 3.33. The second-order valence-corrected chi connectivity index (χ2v) is 7.73. The number of anilines is 1. The molecule has 1 aromatic heterocycles. The normalized spacial score (nSPS) is 12.0. The maximum Gasteiger partial charge on any atom is 0.237 e. The van der Waals surface area contributed by atoms with Crippen molar-refractivity contribution < 1.29 is 9.18 Å². The summed E-state index contributed by atoms with van der Waals surface area (Å²) in [5.41, 5.74) is 3.46. The van der Waals surface area contributed by atoms with E-state index in [1.54, 1.807) is 11.6 Å². The van der Waals surface area contributed by atoms with Gasteiger partial charge >= 0.3 is 0 Å². The lowest BCUT2D eigenvalue weighted by molar-refractivity contribution is -0.115. The molecular weight excluding hydrogens is 389 g/mol. The van der Waals surface area contributed by atoms with Gasteiger partial charge in [0.1, 0.15) is 5.82 Å². The van der Waals surface area contributed by atoms with E-state index in [0.717, 1.165) is 17.3 Å². The van der Waals surface area contributed by atoms with E-state index in [1.807, 2.05) is 32.0 Å². The van der Waals surface area contributed by atoms with Crippen LogP contribution in [0.1, 0.15) is 18.1 Å². The molecular formula is C18H17ClFN5OS. The molecule has 0 bridgehead atoms. The molecule has 0 saturated heterocycles. The number of halogens is 2. The summed E-state index contributed by atoms with van der Waals surface area (Å²) in [4.78, 5) is 12.5. The van der Waals surface area contributed by atoms with Gasteiger partial charge in [-0.05, 0) is 72.7 Å². The zero-order chi connectivity index (χ0) is 19.6. The molecule has 3 rings (SSSR count). The maximum atomic E-state index is 13.1. The van der Waals surface area contributed by atoms with Gasteiger partial charge in [0.2, 0.25) is 11.1 Å². The van der Waals surface area contributed by atoms with Gasteiger partial charge in [-0.25, -0.2) is 4.39 Å². The number of nitrogens with one attached hydrogen (secondary N) is 1. The number of nitrogens with zero attached hydrogens (tertiary/aromatic N) is 4. The topological polar surface area (TPSA) is 72.7 Å². The third-order valence-electron chi connectivity index (χ3n) is 4.02. The summed E-state index contributed by atoms with van der Waals surface area (Å²) in [5, 5.41) is 14.6. The van der Waals surface area contributed by atoms with Crippen molar-refractivity contribution in [3.8, 4) is 5.69 Å². The molecule has 3 aromatic rings. The Morgan fingerprint density at radius 3 is 2.70 bits per heavy atom. The molecule has 6 nitrogen and oxygen atoms in total. The summed E-state index contributed by atoms with van der Waals surface area (Å²) in [6.07, 6.45) is 0. The molecule has 0 saturated carbocycles. The average molecular weight is 406 g/mol. The molecule has 0 fully saturated rings. The molecule has 0 aliphatic heterocycles. The minimum Gasteiger partial charge on any atom is -0.324 e. The largest absolute Gasteiger partial charge is 0.324 e. The molecule has 0 aliphatic carbocycles. The Hall–Kier alpha value is -2.45. The Balaban J connectivity index is 1.74. The average Bonchev–Trinajstić information content (AvgIpc) is 3.07. The molecule has 27 heavy (non-hydrogen) atoms. The molecule has 1 unspecified atom stereocenters. The number of aromatic nitrogens is 4. The number of carbonyl (C=O) groups is 1. The zero-order valence-electron chi connectivity index (χ0n) is 14.9. The van der Waals surface area contributed by atoms with Crippen molar-refractivity contribution >= 4 is 35.0 Å². The van der Waals surface area contributed by atoms with Crippen LogP contribution in [0, 0.1) is 19.7 Å². The third kappa shape index (κ3) is 4.45. The van der Waals surface area contributed by atoms with Crippen LogP contribution in [0.15, 0.2) is 41.6 Å². The van der Waals surface area contributed by atoms with Crippen molar-refractivity contribution in [1.82, 2.24) is 20.2 Å². The first-order chi connectivity index (χ1) is 12.8. The highest BCUT2D eigenvalue weighted by Gasteiger charge is 2.20. The molecule has 1 N–H and O–H groups in total. The van der Waals surface area contributed by atoms with E-state index in [2.05, 4.69) is 20.8 Å². The highest BCUT2D eigenvalue weighted by atomic mass is 35.5. The molecule has 2 aromatic carbocycles. The van der Waals surface area contributed by atoms with Gasteiger partial charge in [0, 0.05) is 0 Å². The predicted molar refractivity (Wildman–Crippen MR) is 104 cm³/mol. The highest BCUT2D eigenvalue weighted by Crippen LogP contribution is 2.27. The summed E-state index contributed by atoms with van der Waals surface area (Å²) in [5.74, 6) is -0.754. The first kappa shape index (κ1) is 19.3. The summed E-state index contributed by atoms with van der Waals surface area (Å²) in [6.45, 7) is 5.77. The second-order valence-electron chi connectivity index (χ2n) is 6.02. The van der Waals surface area contributed by atoms with Gasteiger partial charge < -0.3 is 5.32 Å². The minimum absolute atomic E-state index is 0.139. The first-order valence-electron chi connectivity index (χ1n) is 8.13. The van der Waals surface area contributed by atoms with E-state index in [0.29, 0.717) is 10.8 Å². The smallest absolute Gasteiger partial charge is 0.237 e. The maximum absolute atomic E-state index is 13.1. The van der Waals surface area contributed by atoms with Gasteiger partial charge in [0.05, 0.1) is 21.6 Å². The Bertz CT molecular complexity index is 994. The van der Waals surface area contributed by atoms with Gasteiger partial charge in [-0.2, -0.15) is 4.68 Å². The van der Waals surface area contributed by atoms with Crippen LogP contribution in [0.2, 0.25) is 5.02 Å². The lowest BCUT2D eigenvalue weighted by Crippen LogP contribution is -2.23. The number of hydrogen-bond donors (Lipinski definition) is 1. The molecule has 1 heterocycles. The number of benzene rings is 2. The van der Waals surface area contributed by atoms with E-state index in [4.69, 9.17) is 11.6 Å². The quantitative estimate of drug-likeness (QED) is 0.644. The van der Waals surface area contributed by atoms with Crippen LogP contribution in [0.3, 0.4) is 0 Å². The Labute approximate surface area is 165 Å². The van der Waals surface area contributed by atoms with Crippen LogP contribution < -0.4 is 5.32 Å². The minimum atomic E-state index is -0.498. The highest BCUT2D eigenvalue weighted by molar-refractivity contribution is 8.00. The van der Waals surface area contributed by atoms with Gasteiger partial charge in [-0.15, -0.1) is 5.10 Å². The van der Waals surface area contributed by atoms with Crippen molar-refractivity contribution in [2.75, 3.05) is 5.32 Å². The molecule has 1 amide bonds. The monoisotopic (exact) mass is 405 g/mol. The lowest BCUT2D eigenvalue weighted by Gasteiger charge is -2.13. The van der Waals surface area contributed by atoms with Gasteiger partial charge in [-0.3, -0.25) is 4.79 Å². The van der Waals surface area contributed by atoms with Crippen molar-refractivity contribution in [3.63, 3.8) is 0 Å². The van der Waals surface area contributed by atoms with E-state index in [1.165, 1.54) is 29.5 Å². The van der Waals surface area contributed by atoms with E-state index >= 15 is 0 Å². The van der Waals surface area contributed by atoms with Crippen molar-refractivity contribution in [2.45, 2.75) is 31.2 Å². The van der Waals surface area contributed by atoms with Gasteiger partial charge in [0.15, 0.2) is 0 Å². The van der Waals surface area contributed by atoms with Crippen LogP contribution >= 0.6 is 23.4 Å². The summed E-state index contributed by atoms with van der Waals surface area (Å²) >= 11 is 7.17. The summed E-state index contributed by atoms with van der Waals surface area (Å²) in [6, 6.07) is 9.71. The number of tetrazole rings is 1. The number of aryl methyl sites for hydroxylation is 2. The molecule has 1 atom stereocenters. The number of carbonyl (C=O) groups excluding carboxylic acids is 1. The number of hydrogen-bond acceptors (Lipinski definition) is 5. The van der Waals surface area contributed by atoms with Crippen molar-refractivity contribution in [3.05, 3.63) is 58.4 Å². The Kier molecular flexibility index (Phi) is 5.76. The molecule has 9 heteroatoms. The molecule has 140 valence electrons. The number of thioether (sulfide) groups is 1. The van der Waals surface area contributed by atoms with E-state index in [9.17, 15) is 9.18 Å². The van der Waals surface area contributed by atoms with Crippen LogP contribution in [0.4, 0.5) is 10.1 Å². The summed E-state index contributed by atoms with van der Waals surface area (Å²) in [7, 11) is 0. The van der Waals surface area contributed by atoms with Crippen LogP contribution in [0.25, 0.3) is 5.69 Å². The van der Waals surface area contributed by atoms with Crippen molar-refractivity contribution in [1.29, 1.82) is 0 Å². The Morgan fingerprint density at radius 1 is 1.22 bits per heavy atom. The van der Waals surface area contributed by atoms with Crippen LogP contribution in [-0.2, 0) is 4.79 Å². The van der Waals surface area contributed by atoms with Gasteiger partial charge in [-0.1, -0.05) is 29.4 Å². The van der Waals surface area contributed by atoms with Crippen molar-refractivity contribution in [2.24, 2.45) is 0 Å². The van der Waals surface area contributed by atoms with Gasteiger partial charge in [0.25, 0.3) is 0 Å². The van der Waals surface area contributed by atoms with E-state index in [-0.39, 0.29) is 10.9 Å². The predicted octanol–water partition coefficient (Wildman–Crippen LogP) is 4.19. The van der Waals surface area contributed by atoms with Crippen LogP contribution in [-0.4, -0.2) is 31.4 Å². The fraction of sp³-hybridized carbons (Fsp3) is 0.222. The zero-order valence-corrected chi connectivity index (χ0v) is 16.5. The molecule has 0 radical (unpaired) electrons. The first-order valence-corrected chi connectivity index (χ1v) is 9.39. The number of amides is 1. The fourth-order valence-electron chi connectivity index (χ4n) is 2.31. The second kappa shape index (κ2) is 8.06. The SMILES string of the molecule is Cc1ccc(-n2nnnc2SC(C)C(=O)Nc2ccc(F)cc2Cl)cc1C. The third-order valence-corrected chi connectivity index (χ3v) is 5.36. The Morgan fingerprint density at radius 2 is 2.00 bits per heavy atom. The standard InChI is InChI=1S/C18H17ClFN5OS/c1-10-4-6-14(8-11(10)2)25-18(22-23-24-25)27-12(3)17(26)21-16-7-5-13(20)9-15(16)19/h4-9,12H,1-3H3,(H,21,26). The summed E-state index contributed by atoms with van der Waals surface area (Å²) < 4.78 is 14.7. The number of rotatable bonds is 5. The molecule has 0 aliphatic rings. The lowest BCUT2D eigenvalue weighted by atomic mass is 10.1. The van der Waals surface area contributed by atoms with Crippen LogP contribution in [0.5, 0.6) is 0 Å². The van der Waals surface area contributed by atoms with E-state index < -0.39 is 11.1 Å². The molecule has 0 spiro atoms.